The van der Waals surface area contributed by atoms with Crippen molar-refractivity contribution in [3.05, 3.63) is 39.8 Å². The number of nitrogens with one attached hydrogen (secondary N) is 1. The summed E-state index contributed by atoms with van der Waals surface area (Å²) in [7, 11) is 0. The van der Waals surface area contributed by atoms with Crippen LogP contribution in [0.25, 0.3) is 21.8 Å². The molecule has 4 heterocycles. The normalized spacial score (nSPS) is 19.9. The Labute approximate surface area is 179 Å². The molecule has 2 aromatic heterocycles. The Balaban J connectivity index is 1.62. The van der Waals surface area contributed by atoms with E-state index in [2.05, 4.69) is 10.1 Å². The molecule has 2 N–H and O–H groups in total. The minimum Gasteiger partial charge on any atom is -0.390 e. The fourth-order valence-corrected chi connectivity index (χ4v) is 4.79. The zero-order valence-corrected chi connectivity index (χ0v) is 18.0. The number of hydrogen-bond acceptors (Lipinski definition) is 5. The number of carbonyl (C=O) groups is 1. The SMILES string of the molecule is Cc1cc2[nH]c(=O)c3cnn(C4CCOCC4)c3c2cc1C(=O)N1CCC(C)(O)CC1. The summed E-state index contributed by atoms with van der Waals surface area (Å²) in [5, 5.41) is 16.1. The van der Waals surface area contributed by atoms with Gasteiger partial charge in [0.25, 0.3) is 11.5 Å². The molecule has 31 heavy (non-hydrogen) atoms. The summed E-state index contributed by atoms with van der Waals surface area (Å²) < 4.78 is 7.43. The van der Waals surface area contributed by atoms with Crippen LogP contribution in [0.4, 0.5) is 0 Å². The van der Waals surface area contributed by atoms with Crippen molar-refractivity contribution in [1.29, 1.82) is 0 Å². The van der Waals surface area contributed by atoms with Gasteiger partial charge in [0.2, 0.25) is 0 Å². The van der Waals surface area contributed by atoms with E-state index in [1.165, 1.54) is 0 Å². The van der Waals surface area contributed by atoms with E-state index in [4.69, 9.17) is 4.74 Å². The highest BCUT2D eigenvalue weighted by molar-refractivity contribution is 6.07. The van der Waals surface area contributed by atoms with Gasteiger partial charge in [-0.3, -0.25) is 14.3 Å². The van der Waals surface area contributed by atoms with Crippen LogP contribution in [0.2, 0.25) is 0 Å². The number of amides is 1. The number of ether oxygens (including phenoxy) is 1. The van der Waals surface area contributed by atoms with Crippen molar-refractivity contribution in [1.82, 2.24) is 19.7 Å². The molecule has 1 aromatic carbocycles. The molecular formula is C23H28N4O4. The number of piperidine rings is 1. The second-order valence-electron chi connectivity index (χ2n) is 9.15. The number of rotatable bonds is 2. The van der Waals surface area contributed by atoms with Crippen molar-refractivity contribution in [2.45, 2.75) is 51.2 Å². The van der Waals surface area contributed by atoms with E-state index >= 15 is 0 Å². The third-order valence-electron chi connectivity index (χ3n) is 6.80. The molecule has 2 aliphatic rings. The molecule has 164 valence electrons. The largest absolute Gasteiger partial charge is 0.390 e. The molecule has 0 atom stereocenters. The number of fused-ring (bicyclic) bond motifs is 3. The molecule has 0 saturated carbocycles. The highest BCUT2D eigenvalue weighted by Gasteiger charge is 2.31. The van der Waals surface area contributed by atoms with Gasteiger partial charge in [-0.15, -0.1) is 0 Å². The molecule has 3 aromatic rings. The first-order chi connectivity index (χ1) is 14.8. The number of carbonyl (C=O) groups excluding carboxylic acids is 1. The van der Waals surface area contributed by atoms with Crippen LogP contribution in [0.5, 0.6) is 0 Å². The van der Waals surface area contributed by atoms with E-state index in [1.807, 2.05) is 35.6 Å². The molecule has 8 heteroatoms. The van der Waals surface area contributed by atoms with Crippen molar-refractivity contribution in [2.75, 3.05) is 26.3 Å². The zero-order valence-electron chi connectivity index (χ0n) is 18.0. The van der Waals surface area contributed by atoms with E-state index in [0.29, 0.717) is 55.6 Å². The summed E-state index contributed by atoms with van der Waals surface area (Å²) in [5.41, 5.74) is 2.06. The Morgan fingerprint density at radius 1 is 1.23 bits per heavy atom. The van der Waals surface area contributed by atoms with Crippen LogP contribution in [0.1, 0.15) is 54.6 Å². The number of nitrogens with zero attached hydrogens (tertiary/aromatic N) is 3. The van der Waals surface area contributed by atoms with E-state index in [0.717, 1.165) is 29.3 Å². The second kappa shape index (κ2) is 7.46. The Kier molecular flexibility index (Phi) is 4.86. The van der Waals surface area contributed by atoms with Gasteiger partial charge in [-0.1, -0.05) is 0 Å². The molecule has 2 fully saturated rings. The molecule has 0 bridgehead atoms. The second-order valence-corrected chi connectivity index (χ2v) is 9.15. The molecule has 5 rings (SSSR count). The fourth-order valence-electron chi connectivity index (χ4n) is 4.79. The number of pyridine rings is 1. The standard InChI is InChI=1S/C23H28N4O4/c1-14-11-19-17(12-16(14)22(29)26-7-5-23(2,30)6-8-26)20-18(21(28)25-19)13-24-27(20)15-3-9-31-10-4-15/h11-13,15,30H,3-10H2,1-2H3,(H,25,28). The smallest absolute Gasteiger partial charge is 0.259 e. The van der Waals surface area contributed by atoms with Crippen LogP contribution in [0.15, 0.2) is 23.1 Å². The first-order valence-electron chi connectivity index (χ1n) is 11.0. The molecule has 0 unspecified atom stereocenters. The lowest BCUT2D eigenvalue weighted by atomic mass is 9.93. The van der Waals surface area contributed by atoms with Crippen LogP contribution in [0.3, 0.4) is 0 Å². The van der Waals surface area contributed by atoms with Gasteiger partial charge in [0.1, 0.15) is 0 Å². The number of benzene rings is 1. The number of aromatic nitrogens is 3. The molecule has 8 nitrogen and oxygen atoms in total. The van der Waals surface area contributed by atoms with Crippen LogP contribution in [0, 0.1) is 6.92 Å². The minimum atomic E-state index is -0.711. The average molecular weight is 425 g/mol. The molecular weight excluding hydrogens is 396 g/mol. The van der Waals surface area contributed by atoms with Gasteiger partial charge in [0.05, 0.1) is 34.3 Å². The third kappa shape index (κ3) is 3.53. The zero-order chi connectivity index (χ0) is 21.8. The number of aryl methyl sites for hydroxylation is 1. The van der Waals surface area contributed by atoms with E-state index in [-0.39, 0.29) is 17.5 Å². The molecule has 2 aliphatic heterocycles. The number of likely N-dealkylation sites (tertiary alicyclic amines) is 1. The molecule has 0 spiro atoms. The van der Waals surface area contributed by atoms with E-state index in [9.17, 15) is 14.7 Å². The molecule has 0 aliphatic carbocycles. The molecule has 0 radical (unpaired) electrons. The number of H-pyrrole nitrogens is 1. The topological polar surface area (TPSA) is 100 Å². The Bertz CT molecular complexity index is 1210. The van der Waals surface area contributed by atoms with Crippen LogP contribution in [-0.2, 0) is 4.74 Å². The predicted octanol–water partition coefficient (Wildman–Crippen LogP) is 2.52. The van der Waals surface area contributed by atoms with Gasteiger partial charge >= 0.3 is 0 Å². The van der Waals surface area contributed by atoms with Gasteiger partial charge in [0, 0.05) is 37.3 Å². The molecule has 2 saturated heterocycles. The summed E-state index contributed by atoms with van der Waals surface area (Å²) in [6, 6.07) is 3.95. The minimum absolute atomic E-state index is 0.0358. The summed E-state index contributed by atoms with van der Waals surface area (Å²) in [6.45, 7) is 6.13. The molecule has 1 amide bonds. The lowest BCUT2D eigenvalue weighted by molar-refractivity contribution is -0.00203. The summed E-state index contributed by atoms with van der Waals surface area (Å²) in [6.07, 6.45) is 4.45. The number of hydrogen-bond donors (Lipinski definition) is 2. The first-order valence-corrected chi connectivity index (χ1v) is 11.0. The summed E-state index contributed by atoms with van der Waals surface area (Å²) in [5.74, 6) is -0.0358. The van der Waals surface area contributed by atoms with E-state index in [1.54, 1.807) is 6.20 Å². The van der Waals surface area contributed by atoms with Gasteiger partial charge in [0.15, 0.2) is 0 Å². The maximum absolute atomic E-state index is 13.3. The quantitative estimate of drug-likeness (QED) is 0.658. The van der Waals surface area contributed by atoms with Gasteiger partial charge in [-0.05, 0) is 57.2 Å². The fraction of sp³-hybridized carbons (Fsp3) is 0.522. The van der Waals surface area contributed by atoms with Crippen molar-refractivity contribution in [2.24, 2.45) is 0 Å². The Morgan fingerprint density at radius 3 is 2.65 bits per heavy atom. The van der Waals surface area contributed by atoms with Crippen molar-refractivity contribution in [3.63, 3.8) is 0 Å². The van der Waals surface area contributed by atoms with Crippen LogP contribution in [-0.4, -0.2) is 62.6 Å². The lowest BCUT2D eigenvalue weighted by Gasteiger charge is -2.36. The highest BCUT2D eigenvalue weighted by atomic mass is 16.5. The van der Waals surface area contributed by atoms with Crippen molar-refractivity contribution >= 4 is 27.7 Å². The predicted molar refractivity (Wildman–Crippen MR) is 117 cm³/mol. The Morgan fingerprint density at radius 2 is 1.94 bits per heavy atom. The van der Waals surface area contributed by atoms with Gasteiger partial charge in [-0.25, -0.2) is 0 Å². The van der Waals surface area contributed by atoms with Gasteiger partial charge in [-0.2, -0.15) is 5.10 Å². The number of aromatic amines is 1. The van der Waals surface area contributed by atoms with Gasteiger partial charge < -0.3 is 19.7 Å². The maximum Gasteiger partial charge on any atom is 0.259 e. The van der Waals surface area contributed by atoms with Crippen LogP contribution < -0.4 is 5.56 Å². The number of aliphatic hydroxyl groups is 1. The summed E-state index contributed by atoms with van der Waals surface area (Å²) >= 11 is 0. The Hall–Kier alpha value is -2.71. The maximum atomic E-state index is 13.3. The third-order valence-corrected chi connectivity index (χ3v) is 6.80. The van der Waals surface area contributed by atoms with Crippen LogP contribution >= 0.6 is 0 Å². The summed E-state index contributed by atoms with van der Waals surface area (Å²) in [4.78, 5) is 30.8. The monoisotopic (exact) mass is 424 g/mol. The highest BCUT2D eigenvalue weighted by Crippen LogP contribution is 2.31. The van der Waals surface area contributed by atoms with E-state index < -0.39 is 5.60 Å². The van der Waals surface area contributed by atoms with Crippen molar-refractivity contribution < 1.29 is 14.6 Å². The average Bonchev–Trinajstić information content (AvgIpc) is 3.20. The lowest BCUT2D eigenvalue weighted by Crippen LogP contribution is -2.45. The van der Waals surface area contributed by atoms with Crippen molar-refractivity contribution in [3.8, 4) is 0 Å². The first kappa shape index (κ1) is 20.2.